The third-order valence-corrected chi connectivity index (χ3v) is 4.47. The fraction of sp³-hybridized carbons (Fsp3) is 0.0556. The fourth-order valence-corrected chi connectivity index (χ4v) is 3.29. The molecular formula is C18H11N3OS. The maximum atomic E-state index is 11.5. The molecule has 0 saturated carbocycles. The Hall–Kier alpha value is -3.15. The molecule has 1 heterocycles. The highest BCUT2D eigenvalue weighted by molar-refractivity contribution is 7.05. The van der Waals surface area contributed by atoms with E-state index in [0.29, 0.717) is 11.1 Å². The van der Waals surface area contributed by atoms with Crippen LogP contribution in [-0.2, 0) is 0 Å². The summed E-state index contributed by atoms with van der Waals surface area (Å²) in [6.07, 6.45) is 0. The van der Waals surface area contributed by atoms with E-state index in [0.717, 1.165) is 16.0 Å². The molecule has 0 atom stereocenters. The Morgan fingerprint density at radius 2 is 1.35 bits per heavy atom. The summed E-state index contributed by atoms with van der Waals surface area (Å²) in [6.45, 7) is 0. The number of hydrogen-bond acceptors (Lipinski definition) is 4. The first-order valence-electron chi connectivity index (χ1n) is 6.90. The molecule has 2 aromatic carbocycles. The number of nitrogens with zero attached hydrogens (tertiary/aromatic N) is 2. The SMILES string of the molecule is N#Cc1ccc(C(c2ccc(C#N)cc2)c2cc(=O)[nH]s2)cc1. The molecule has 5 heteroatoms. The lowest BCUT2D eigenvalue weighted by Gasteiger charge is -2.16. The van der Waals surface area contributed by atoms with E-state index in [1.807, 2.05) is 24.3 Å². The molecule has 0 spiro atoms. The Balaban J connectivity index is 2.11. The number of nitrogens with one attached hydrogen (secondary N) is 1. The molecule has 3 rings (SSSR count). The topological polar surface area (TPSA) is 80.4 Å². The minimum atomic E-state index is -0.128. The van der Waals surface area contributed by atoms with E-state index in [1.54, 1.807) is 30.3 Å². The van der Waals surface area contributed by atoms with E-state index in [4.69, 9.17) is 10.5 Å². The molecule has 0 aliphatic rings. The number of rotatable bonds is 3. The molecule has 23 heavy (non-hydrogen) atoms. The Morgan fingerprint density at radius 1 is 0.870 bits per heavy atom. The van der Waals surface area contributed by atoms with Gasteiger partial charge >= 0.3 is 0 Å². The van der Waals surface area contributed by atoms with Crippen LogP contribution < -0.4 is 5.56 Å². The summed E-state index contributed by atoms with van der Waals surface area (Å²) in [4.78, 5) is 12.4. The van der Waals surface area contributed by atoms with Crippen LogP contribution in [0, 0.1) is 22.7 Å². The van der Waals surface area contributed by atoms with Crippen molar-refractivity contribution in [2.45, 2.75) is 5.92 Å². The fourth-order valence-electron chi connectivity index (χ4n) is 2.46. The predicted molar refractivity (Wildman–Crippen MR) is 88.2 cm³/mol. The van der Waals surface area contributed by atoms with Crippen LogP contribution in [0.5, 0.6) is 0 Å². The molecule has 0 fully saturated rings. The normalized spacial score (nSPS) is 10.2. The molecule has 0 aliphatic carbocycles. The van der Waals surface area contributed by atoms with Gasteiger partial charge in [-0.05, 0) is 35.4 Å². The molecular weight excluding hydrogens is 306 g/mol. The van der Waals surface area contributed by atoms with Gasteiger partial charge in [-0.15, -0.1) is 0 Å². The Morgan fingerprint density at radius 3 is 1.70 bits per heavy atom. The minimum Gasteiger partial charge on any atom is -0.278 e. The first-order chi connectivity index (χ1) is 11.2. The van der Waals surface area contributed by atoms with E-state index in [2.05, 4.69) is 16.5 Å². The van der Waals surface area contributed by atoms with Crippen molar-refractivity contribution < 1.29 is 0 Å². The second-order valence-electron chi connectivity index (χ2n) is 5.02. The van der Waals surface area contributed by atoms with Gasteiger partial charge in [-0.25, -0.2) is 0 Å². The van der Waals surface area contributed by atoms with Gasteiger partial charge in [-0.2, -0.15) is 10.5 Å². The predicted octanol–water partition coefficient (Wildman–Crippen LogP) is 3.36. The summed E-state index contributed by atoms with van der Waals surface area (Å²) >= 11 is 1.30. The van der Waals surface area contributed by atoms with Crippen LogP contribution in [0.3, 0.4) is 0 Å². The average Bonchev–Trinajstić information content (AvgIpc) is 3.02. The molecule has 0 amide bonds. The van der Waals surface area contributed by atoms with Gasteiger partial charge in [0.05, 0.1) is 23.3 Å². The standard InChI is InChI=1S/C18H11N3OS/c19-10-12-1-5-14(6-2-12)18(16-9-17(22)21-23-16)15-7-3-13(11-20)4-8-15/h1-9,18H,(H,21,22). The summed E-state index contributed by atoms with van der Waals surface area (Å²) in [6, 6.07) is 20.4. The summed E-state index contributed by atoms with van der Waals surface area (Å²) in [5.74, 6) is -0.112. The number of aromatic amines is 1. The Labute approximate surface area is 137 Å². The van der Waals surface area contributed by atoms with Crippen LogP contribution in [0.4, 0.5) is 0 Å². The molecule has 3 aromatic rings. The lowest BCUT2D eigenvalue weighted by Crippen LogP contribution is -2.03. The molecule has 1 N–H and O–H groups in total. The molecule has 0 aliphatic heterocycles. The van der Waals surface area contributed by atoms with Crippen molar-refractivity contribution in [1.82, 2.24) is 4.37 Å². The number of nitriles is 2. The average molecular weight is 317 g/mol. The quantitative estimate of drug-likeness (QED) is 0.804. The second-order valence-corrected chi connectivity index (χ2v) is 5.90. The van der Waals surface area contributed by atoms with E-state index in [1.165, 1.54) is 11.5 Å². The van der Waals surface area contributed by atoms with Gasteiger partial charge in [0, 0.05) is 16.9 Å². The van der Waals surface area contributed by atoms with Crippen molar-refractivity contribution in [3.63, 3.8) is 0 Å². The second kappa shape index (κ2) is 6.31. The number of benzene rings is 2. The van der Waals surface area contributed by atoms with Gasteiger partial charge in [0.1, 0.15) is 0 Å². The van der Waals surface area contributed by atoms with E-state index < -0.39 is 0 Å². The van der Waals surface area contributed by atoms with Crippen molar-refractivity contribution in [1.29, 1.82) is 10.5 Å². The first kappa shape index (κ1) is 14.8. The van der Waals surface area contributed by atoms with Crippen molar-refractivity contribution >= 4 is 11.5 Å². The van der Waals surface area contributed by atoms with Crippen LogP contribution in [0.1, 0.15) is 33.0 Å². The van der Waals surface area contributed by atoms with Crippen LogP contribution in [-0.4, -0.2) is 4.37 Å². The van der Waals surface area contributed by atoms with Crippen LogP contribution in [0.15, 0.2) is 59.4 Å². The zero-order valence-electron chi connectivity index (χ0n) is 12.0. The van der Waals surface area contributed by atoms with Gasteiger partial charge in [0.15, 0.2) is 0 Å². The third kappa shape index (κ3) is 3.06. The molecule has 110 valence electrons. The van der Waals surface area contributed by atoms with Gasteiger partial charge in [0.25, 0.3) is 5.56 Å². The van der Waals surface area contributed by atoms with Gasteiger partial charge in [0.2, 0.25) is 0 Å². The highest BCUT2D eigenvalue weighted by atomic mass is 32.1. The summed E-state index contributed by atoms with van der Waals surface area (Å²) in [7, 11) is 0. The highest BCUT2D eigenvalue weighted by Gasteiger charge is 2.19. The lowest BCUT2D eigenvalue weighted by atomic mass is 9.89. The number of aromatic nitrogens is 1. The summed E-state index contributed by atoms with van der Waals surface area (Å²) in [5, 5.41) is 17.9. The number of H-pyrrole nitrogens is 1. The monoisotopic (exact) mass is 317 g/mol. The molecule has 0 unspecified atom stereocenters. The van der Waals surface area contributed by atoms with E-state index >= 15 is 0 Å². The Bertz CT molecular complexity index is 896. The van der Waals surface area contributed by atoms with Gasteiger partial charge in [-0.3, -0.25) is 9.17 Å². The maximum absolute atomic E-state index is 11.5. The molecule has 4 nitrogen and oxygen atoms in total. The van der Waals surface area contributed by atoms with E-state index in [-0.39, 0.29) is 11.5 Å². The van der Waals surface area contributed by atoms with Crippen LogP contribution in [0.2, 0.25) is 0 Å². The zero-order valence-corrected chi connectivity index (χ0v) is 12.8. The summed E-state index contributed by atoms with van der Waals surface area (Å²) in [5.41, 5.74) is 3.04. The number of hydrogen-bond donors (Lipinski definition) is 1. The van der Waals surface area contributed by atoms with Crippen LogP contribution in [0.25, 0.3) is 0 Å². The van der Waals surface area contributed by atoms with Gasteiger partial charge in [-0.1, -0.05) is 35.8 Å². The van der Waals surface area contributed by atoms with Crippen molar-refractivity contribution in [2.75, 3.05) is 0 Å². The first-order valence-corrected chi connectivity index (χ1v) is 7.71. The molecule has 0 radical (unpaired) electrons. The largest absolute Gasteiger partial charge is 0.278 e. The zero-order chi connectivity index (χ0) is 16.2. The summed E-state index contributed by atoms with van der Waals surface area (Å²) < 4.78 is 2.72. The smallest absolute Gasteiger partial charge is 0.258 e. The highest BCUT2D eigenvalue weighted by Crippen LogP contribution is 2.33. The van der Waals surface area contributed by atoms with Crippen LogP contribution >= 0.6 is 11.5 Å². The van der Waals surface area contributed by atoms with Crippen molar-refractivity contribution in [3.05, 3.63) is 92.1 Å². The molecule has 0 saturated heterocycles. The van der Waals surface area contributed by atoms with Gasteiger partial charge < -0.3 is 0 Å². The molecule has 1 aromatic heterocycles. The van der Waals surface area contributed by atoms with Crippen molar-refractivity contribution in [3.8, 4) is 12.1 Å². The molecule has 0 bridgehead atoms. The van der Waals surface area contributed by atoms with Crippen molar-refractivity contribution in [2.24, 2.45) is 0 Å². The minimum absolute atomic E-state index is 0.112. The maximum Gasteiger partial charge on any atom is 0.258 e. The van der Waals surface area contributed by atoms with E-state index in [9.17, 15) is 4.79 Å². The third-order valence-electron chi connectivity index (χ3n) is 3.57. The lowest BCUT2D eigenvalue weighted by molar-refractivity contribution is 1.00. The Kier molecular flexibility index (Phi) is 4.05.